The molecule has 0 saturated carbocycles. The van der Waals surface area contributed by atoms with Crippen molar-refractivity contribution in [2.75, 3.05) is 0 Å². The number of nitro benzene ring substituents is 1. The van der Waals surface area contributed by atoms with E-state index < -0.39 is 4.92 Å². The predicted octanol–water partition coefficient (Wildman–Crippen LogP) is 0.323. The van der Waals surface area contributed by atoms with Crippen molar-refractivity contribution in [3.05, 3.63) is 82.0 Å². The first kappa shape index (κ1) is 19.9. The lowest BCUT2D eigenvalue weighted by molar-refractivity contribution is -0.689. The van der Waals surface area contributed by atoms with Crippen LogP contribution in [0.2, 0.25) is 0 Å². The molecule has 28 heavy (non-hydrogen) atoms. The molecule has 0 saturated heterocycles. The van der Waals surface area contributed by atoms with Crippen LogP contribution < -0.4 is 21.5 Å². The molecule has 0 atom stereocenters. The first-order chi connectivity index (χ1) is 13.0. The van der Waals surface area contributed by atoms with Gasteiger partial charge in [0.2, 0.25) is 5.78 Å². The summed E-state index contributed by atoms with van der Waals surface area (Å²) in [6, 6.07) is 12.0. The van der Waals surface area contributed by atoms with E-state index in [0.717, 1.165) is 36.5 Å². The van der Waals surface area contributed by atoms with E-state index in [1.54, 1.807) is 12.1 Å². The van der Waals surface area contributed by atoms with Gasteiger partial charge in [0.1, 0.15) is 12.0 Å². The summed E-state index contributed by atoms with van der Waals surface area (Å²) < 4.78 is 17.1. The van der Waals surface area contributed by atoms with Crippen molar-refractivity contribution >= 4 is 11.5 Å². The third-order valence-corrected chi connectivity index (χ3v) is 4.85. The van der Waals surface area contributed by atoms with Crippen molar-refractivity contribution in [3.8, 4) is 11.3 Å². The normalized spacial score (nSPS) is 12.3. The lowest BCUT2D eigenvalue weighted by atomic mass is 10.1. The number of benzene rings is 2. The van der Waals surface area contributed by atoms with Crippen LogP contribution in [0, 0.1) is 15.9 Å². The summed E-state index contributed by atoms with van der Waals surface area (Å²) in [5, 5.41) is 10.9. The second-order valence-corrected chi connectivity index (χ2v) is 6.55. The van der Waals surface area contributed by atoms with E-state index in [1.807, 2.05) is 10.8 Å². The minimum Gasteiger partial charge on any atom is -1.00 e. The van der Waals surface area contributed by atoms with Crippen LogP contribution in [-0.2, 0) is 19.5 Å². The van der Waals surface area contributed by atoms with Crippen molar-refractivity contribution in [3.63, 3.8) is 0 Å². The Hall–Kier alpha value is -2.87. The topological polar surface area (TPSA) is 69.0 Å². The zero-order valence-electron chi connectivity index (χ0n) is 14.8. The molecule has 0 N–H and O–H groups in total. The molecule has 0 fully saturated rings. The largest absolute Gasteiger partial charge is 1.00 e. The predicted molar refractivity (Wildman–Crippen MR) is 95.8 cm³/mol. The number of carbonyl (C=O) groups excluding carboxylic acids is 1. The highest BCUT2D eigenvalue weighted by Crippen LogP contribution is 2.26. The maximum atomic E-state index is 13.1. The van der Waals surface area contributed by atoms with Gasteiger partial charge in [0, 0.05) is 23.3 Å². The second kappa shape index (κ2) is 8.02. The molecule has 144 valence electrons. The third kappa shape index (κ3) is 3.73. The lowest BCUT2D eigenvalue weighted by Crippen LogP contribution is -3.00. The average Bonchev–Trinajstić information content (AvgIpc) is 3.26. The minimum atomic E-state index is -0.423. The fraction of sp³-hybridized carbons (Fsp3) is 0.200. The van der Waals surface area contributed by atoms with Gasteiger partial charge in [0.15, 0.2) is 12.2 Å². The Morgan fingerprint density at radius 2 is 1.82 bits per heavy atom. The Kier molecular flexibility index (Phi) is 5.69. The van der Waals surface area contributed by atoms with E-state index in [4.69, 9.17) is 0 Å². The van der Waals surface area contributed by atoms with E-state index in [9.17, 15) is 19.3 Å². The fourth-order valence-electron chi connectivity index (χ4n) is 3.51. The molecule has 4 rings (SSSR count). The summed E-state index contributed by atoms with van der Waals surface area (Å²) in [5.74, 6) is 0.596. The van der Waals surface area contributed by atoms with Crippen LogP contribution in [0.1, 0.15) is 22.6 Å². The standard InChI is InChI=1S/C20H17FN3O3.BrH/c21-16-7-3-15(4-8-16)19(25)13-22-12-18(23-11-1-2-20(22)23)14-5-9-17(10-6-14)24(26)27;/h3-10,12H,1-2,11,13H2;1H/q+1;/p-1. The van der Waals surface area contributed by atoms with Gasteiger partial charge in [-0.2, -0.15) is 0 Å². The SMILES string of the molecule is O=C(C[n+]1cc(-c2ccc([N+](=O)[O-])cc2)n2c1CCC2)c1ccc(F)cc1.[Br-]. The van der Waals surface area contributed by atoms with Crippen LogP contribution in [0.15, 0.2) is 54.7 Å². The summed E-state index contributed by atoms with van der Waals surface area (Å²) in [6.07, 6.45) is 3.77. The van der Waals surface area contributed by atoms with Gasteiger partial charge in [0.25, 0.3) is 11.5 Å². The first-order valence-electron chi connectivity index (χ1n) is 8.68. The van der Waals surface area contributed by atoms with Gasteiger partial charge in [-0.3, -0.25) is 14.9 Å². The second-order valence-electron chi connectivity index (χ2n) is 6.55. The summed E-state index contributed by atoms with van der Waals surface area (Å²) in [5.41, 5.74) is 2.33. The maximum Gasteiger partial charge on any atom is 0.269 e. The lowest BCUT2D eigenvalue weighted by Gasteiger charge is -2.00. The maximum absolute atomic E-state index is 13.1. The van der Waals surface area contributed by atoms with E-state index in [2.05, 4.69) is 4.57 Å². The highest BCUT2D eigenvalue weighted by Gasteiger charge is 2.30. The van der Waals surface area contributed by atoms with E-state index in [-0.39, 0.29) is 40.8 Å². The first-order valence-corrected chi connectivity index (χ1v) is 8.68. The van der Waals surface area contributed by atoms with Crippen LogP contribution in [0.5, 0.6) is 0 Å². The molecule has 2 aromatic carbocycles. The molecule has 0 spiro atoms. The average molecular weight is 446 g/mol. The molecular weight excluding hydrogens is 429 g/mol. The summed E-state index contributed by atoms with van der Waals surface area (Å²) >= 11 is 0. The monoisotopic (exact) mass is 445 g/mol. The number of non-ortho nitro benzene ring substituents is 1. The molecule has 1 aliphatic heterocycles. The van der Waals surface area contributed by atoms with Crippen LogP contribution in [0.25, 0.3) is 11.3 Å². The molecule has 0 radical (unpaired) electrons. The highest BCUT2D eigenvalue weighted by molar-refractivity contribution is 5.95. The van der Waals surface area contributed by atoms with Gasteiger partial charge in [-0.05, 0) is 42.8 Å². The Bertz CT molecular complexity index is 1030. The van der Waals surface area contributed by atoms with Crippen LogP contribution in [0.4, 0.5) is 10.1 Å². The number of carbonyl (C=O) groups is 1. The zero-order valence-corrected chi connectivity index (χ0v) is 16.4. The molecule has 1 aliphatic rings. The van der Waals surface area contributed by atoms with Crippen LogP contribution >= 0.6 is 0 Å². The highest BCUT2D eigenvalue weighted by atomic mass is 79.9. The molecule has 0 aliphatic carbocycles. The number of imidazole rings is 1. The molecule has 0 bridgehead atoms. The number of hydrogen-bond acceptors (Lipinski definition) is 3. The van der Waals surface area contributed by atoms with Crippen molar-refractivity contribution in [2.24, 2.45) is 0 Å². The van der Waals surface area contributed by atoms with Gasteiger partial charge < -0.3 is 17.0 Å². The third-order valence-electron chi connectivity index (χ3n) is 4.85. The number of Topliss-reactive ketones (excluding diaryl/α,β-unsaturated/α-hetero) is 1. The van der Waals surface area contributed by atoms with Gasteiger partial charge in [-0.15, -0.1) is 0 Å². The number of ketones is 1. The number of halogens is 2. The molecule has 6 nitrogen and oxygen atoms in total. The molecule has 3 aromatic rings. The minimum absolute atomic E-state index is 0. The number of aromatic nitrogens is 2. The quantitative estimate of drug-likeness (QED) is 0.246. The van der Waals surface area contributed by atoms with Gasteiger partial charge in [-0.25, -0.2) is 13.5 Å². The molecule has 0 unspecified atom stereocenters. The number of fused-ring (bicyclic) bond motifs is 1. The molecule has 1 aromatic heterocycles. The Balaban J connectivity index is 0.00000225. The molecule has 2 heterocycles. The van der Waals surface area contributed by atoms with Crippen LogP contribution in [0.3, 0.4) is 0 Å². The Morgan fingerprint density at radius 3 is 2.46 bits per heavy atom. The Morgan fingerprint density at radius 1 is 1.14 bits per heavy atom. The smallest absolute Gasteiger partial charge is 0.269 e. The van der Waals surface area contributed by atoms with Crippen molar-refractivity contribution < 1.29 is 35.7 Å². The van der Waals surface area contributed by atoms with Gasteiger partial charge in [-0.1, -0.05) is 0 Å². The molecule has 0 amide bonds. The molecule has 8 heteroatoms. The van der Waals surface area contributed by atoms with Crippen LogP contribution in [-0.4, -0.2) is 15.3 Å². The summed E-state index contributed by atoms with van der Waals surface area (Å²) in [4.78, 5) is 23.0. The Labute approximate surface area is 171 Å². The van der Waals surface area contributed by atoms with E-state index in [1.165, 1.54) is 36.4 Å². The van der Waals surface area contributed by atoms with Gasteiger partial charge >= 0.3 is 0 Å². The number of nitrogens with zero attached hydrogens (tertiary/aromatic N) is 3. The molecular formula is C20H17BrFN3O3. The van der Waals surface area contributed by atoms with E-state index >= 15 is 0 Å². The van der Waals surface area contributed by atoms with Crippen molar-refractivity contribution in [2.45, 2.75) is 25.9 Å². The van der Waals surface area contributed by atoms with E-state index in [0.29, 0.717) is 5.56 Å². The zero-order chi connectivity index (χ0) is 19.0. The number of rotatable bonds is 5. The number of nitro groups is 1. The summed E-state index contributed by atoms with van der Waals surface area (Å²) in [7, 11) is 0. The fourth-order valence-corrected chi connectivity index (χ4v) is 3.51. The number of hydrogen-bond donors (Lipinski definition) is 0. The summed E-state index contributed by atoms with van der Waals surface area (Å²) in [6.45, 7) is 1.02. The van der Waals surface area contributed by atoms with Crippen molar-refractivity contribution in [1.29, 1.82) is 0 Å². The van der Waals surface area contributed by atoms with Crippen molar-refractivity contribution in [1.82, 2.24) is 4.57 Å². The van der Waals surface area contributed by atoms with Gasteiger partial charge in [0.05, 0.1) is 17.9 Å².